The van der Waals surface area contributed by atoms with E-state index >= 15 is 0 Å². The van der Waals surface area contributed by atoms with Gasteiger partial charge in [-0.05, 0) is 73.9 Å². The molecule has 3 aromatic rings. The van der Waals surface area contributed by atoms with E-state index < -0.39 is 0 Å². The molecule has 2 aromatic carbocycles. The highest BCUT2D eigenvalue weighted by molar-refractivity contribution is 5.94. The van der Waals surface area contributed by atoms with Crippen molar-refractivity contribution in [2.45, 2.75) is 65.3 Å². The molecule has 4 rings (SSSR count). The lowest BCUT2D eigenvalue weighted by Crippen LogP contribution is -2.45. The monoisotopic (exact) mass is 490 g/mol. The number of likely N-dealkylation sites (tertiary alicyclic amines) is 1. The minimum absolute atomic E-state index is 0.0129. The number of fused-ring (bicyclic) bond motifs is 1. The molecular formula is C30H38N2O4. The van der Waals surface area contributed by atoms with Gasteiger partial charge in [-0.2, -0.15) is 0 Å². The number of benzene rings is 2. The first kappa shape index (κ1) is 26.0. The molecule has 1 amide bonds. The van der Waals surface area contributed by atoms with Gasteiger partial charge in [0, 0.05) is 48.3 Å². The van der Waals surface area contributed by atoms with Gasteiger partial charge in [-0.1, -0.05) is 32.9 Å². The molecule has 1 saturated heterocycles. The maximum absolute atomic E-state index is 12.7. The van der Waals surface area contributed by atoms with Gasteiger partial charge in [-0.15, -0.1) is 0 Å². The predicted octanol–water partition coefficient (Wildman–Crippen LogP) is 5.37. The molecule has 0 unspecified atom stereocenters. The SMILES string of the molecule is Cc1c(C)c2ccc(OCCCN3CCC(NC(=O)c4ccc(C(C)(C)C)cc4)CC3)cc2oc1=O. The summed E-state index contributed by atoms with van der Waals surface area (Å²) in [6.07, 6.45) is 2.82. The summed E-state index contributed by atoms with van der Waals surface area (Å²) in [5, 5.41) is 4.15. The van der Waals surface area contributed by atoms with Crippen LogP contribution in [0.5, 0.6) is 5.75 Å². The molecule has 6 heteroatoms. The van der Waals surface area contributed by atoms with Crippen molar-refractivity contribution in [2.75, 3.05) is 26.2 Å². The van der Waals surface area contributed by atoms with Crippen LogP contribution in [0.15, 0.2) is 51.7 Å². The smallest absolute Gasteiger partial charge is 0.339 e. The lowest BCUT2D eigenvalue weighted by molar-refractivity contribution is 0.0909. The Kier molecular flexibility index (Phi) is 7.84. The number of nitrogens with one attached hydrogen (secondary N) is 1. The molecule has 1 N–H and O–H groups in total. The largest absolute Gasteiger partial charge is 0.493 e. The zero-order valence-electron chi connectivity index (χ0n) is 22.1. The minimum atomic E-state index is -0.296. The van der Waals surface area contributed by atoms with Crippen LogP contribution in [0, 0.1) is 13.8 Å². The van der Waals surface area contributed by atoms with E-state index in [4.69, 9.17) is 9.15 Å². The number of aryl methyl sites for hydroxylation is 1. The normalized spacial score (nSPS) is 15.2. The highest BCUT2D eigenvalue weighted by Gasteiger charge is 2.21. The molecule has 192 valence electrons. The Bertz CT molecular complexity index is 1260. The summed E-state index contributed by atoms with van der Waals surface area (Å²) in [7, 11) is 0. The van der Waals surface area contributed by atoms with Crippen molar-refractivity contribution < 1.29 is 13.9 Å². The van der Waals surface area contributed by atoms with Crippen LogP contribution in [0.2, 0.25) is 0 Å². The van der Waals surface area contributed by atoms with E-state index in [1.54, 1.807) is 13.0 Å². The summed E-state index contributed by atoms with van der Waals surface area (Å²) in [6.45, 7) is 13.7. The van der Waals surface area contributed by atoms with E-state index in [-0.39, 0.29) is 23.0 Å². The Hall–Kier alpha value is -3.12. The molecule has 0 saturated carbocycles. The number of carbonyl (C=O) groups excluding carboxylic acids is 1. The predicted molar refractivity (Wildman–Crippen MR) is 144 cm³/mol. The maximum atomic E-state index is 12.7. The molecule has 1 aliphatic heterocycles. The van der Waals surface area contributed by atoms with E-state index in [1.807, 2.05) is 31.2 Å². The lowest BCUT2D eigenvalue weighted by Gasteiger charge is -2.32. The number of hydrogen-bond acceptors (Lipinski definition) is 5. The molecule has 0 aliphatic carbocycles. The zero-order chi connectivity index (χ0) is 25.9. The molecule has 0 radical (unpaired) electrons. The van der Waals surface area contributed by atoms with Crippen LogP contribution in [0.4, 0.5) is 0 Å². The van der Waals surface area contributed by atoms with E-state index in [0.29, 0.717) is 23.5 Å². The summed E-state index contributed by atoms with van der Waals surface area (Å²) in [6, 6.07) is 13.9. The maximum Gasteiger partial charge on any atom is 0.339 e. The molecule has 0 bridgehead atoms. The third kappa shape index (κ3) is 6.16. The number of ether oxygens (including phenoxy) is 1. The fourth-order valence-electron chi connectivity index (χ4n) is 4.69. The minimum Gasteiger partial charge on any atom is -0.493 e. The first-order chi connectivity index (χ1) is 17.1. The number of nitrogens with zero attached hydrogens (tertiary/aromatic N) is 1. The topological polar surface area (TPSA) is 71.8 Å². The number of amides is 1. The third-order valence-electron chi connectivity index (χ3n) is 7.25. The molecule has 1 fully saturated rings. The second-order valence-corrected chi connectivity index (χ2v) is 10.9. The van der Waals surface area contributed by atoms with Crippen molar-refractivity contribution in [3.05, 3.63) is 75.1 Å². The Balaban J connectivity index is 1.19. The van der Waals surface area contributed by atoms with Gasteiger partial charge in [0.15, 0.2) is 0 Å². The first-order valence-electron chi connectivity index (χ1n) is 12.9. The average Bonchev–Trinajstić information content (AvgIpc) is 2.85. The van der Waals surface area contributed by atoms with Crippen molar-refractivity contribution in [1.82, 2.24) is 10.2 Å². The van der Waals surface area contributed by atoms with Crippen LogP contribution < -0.4 is 15.7 Å². The molecule has 36 heavy (non-hydrogen) atoms. The molecule has 1 aliphatic rings. The van der Waals surface area contributed by atoms with Gasteiger partial charge in [0.1, 0.15) is 11.3 Å². The Labute approximate surface area is 213 Å². The molecule has 2 heterocycles. The van der Waals surface area contributed by atoms with E-state index in [9.17, 15) is 9.59 Å². The molecule has 0 atom stereocenters. The fraction of sp³-hybridized carbons (Fsp3) is 0.467. The van der Waals surface area contributed by atoms with Gasteiger partial charge < -0.3 is 19.4 Å². The highest BCUT2D eigenvalue weighted by Crippen LogP contribution is 2.24. The van der Waals surface area contributed by atoms with Crippen molar-refractivity contribution in [3.8, 4) is 5.75 Å². The van der Waals surface area contributed by atoms with Gasteiger partial charge in [0.25, 0.3) is 5.91 Å². The fourth-order valence-corrected chi connectivity index (χ4v) is 4.69. The Morgan fingerprint density at radius 1 is 1.06 bits per heavy atom. The highest BCUT2D eigenvalue weighted by atomic mass is 16.5. The zero-order valence-corrected chi connectivity index (χ0v) is 22.1. The van der Waals surface area contributed by atoms with Crippen molar-refractivity contribution in [2.24, 2.45) is 0 Å². The second-order valence-electron chi connectivity index (χ2n) is 10.9. The summed E-state index contributed by atoms with van der Waals surface area (Å²) in [5.74, 6) is 0.727. The van der Waals surface area contributed by atoms with E-state index in [1.165, 1.54) is 5.56 Å². The molecule has 6 nitrogen and oxygen atoms in total. The van der Waals surface area contributed by atoms with Gasteiger partial charge in [-0.25, -0.2) is 4.79 Å². The molecule has 0 spiro atoms. The van der Waals surface area contributed by atoms with Gasteiger partial charge in [-0.3, -0.25) is 4.79 Å². The first-order valence-corrected chi connectivity index (χ1v) is 12.9. The quantitative estimate of drug-likeness (QED) is 0.356. The molecule has 1 aromatic heterocycles. The van der Waals surface area contributed by atoms with Crippen molar-refractivity contribution in [1.29, 1.82) is 0 Å². The number of carbonyl (C=O) groups is 1. The molecular weight excluding hydrogens is 452 g/mol. The summed E-state index contributed by atoms with van der Waals surface area (Å²) < 4.78 is 11.3. The van der Waals surface area contributed by atoms with Crippen LogP contribution in [-0.4, -0.2) is 43.1 Å². The average molecular weight is 491 g/mol. The van der Waals surface area contributed by atoms with Crippen LogP contribution in [0.1, 0.15) is 67.1 Å². The second kappa shape index (κ2) is 10.9. The number of piperidine rings is 1. The van der Waals surface area contributed by atoms with Gasteiger partial charge in [0.2, 0.25) is 0 Å². The summed E-state index contributed by atoms with van der Waals surface area (Å²) >= 11 is 0. The standard InChI is InChI=1S/C30H38N2O4/c1-20-21(2)29(34)36-27-19-25(11-12-26(20)27)35-18-6-15-32-16-13-24(14-17-32)31-28(33)22-7-9-23(10-8-22)30(3,4)5/h7-12,19,24H,6,13-18H2,1-5H3,(H,31,33). The number of rotatable bonds is 7. The van der Waals surface area contributed by atoms with Crippen LogP contribution in [0.3, 0.4) is 0 Å². The van der Waals surface area contributed by atoms with Crippen molar-refractivity contribution >= 4 is 16.9 Å². The van der Waals surface area contributed by atoms with Crippen LogP contribution >= 0.6 is 0 Å². The summed E-state index contributed by atoms with van der Waals surface area (Å²) in [5.41, 5.74) is 3.90. The number of hydrogen-bond donors (Lipinski definition) is 1. The third-order valence-corrected chi connectivity index (χ3v) is 7.25. The Morgan fingerprint density at radius 2 is 1.75 bits per heavy atom. The lowest BCUT2D eigenvalue weighted by atomic mass is 9.86. The van der Waals surface area contributed by atoms with Crippen LogP contribution in [0.25, 0.3) is 11.0 Å². The Morgan fingerprint density at radius 3 is 2.42 bits per heavy atom. The summed E-state index contributed by atoms with van der Waals surface area (Å²) in [4.78, 5) is 27.1. The van der Waals surface area contributed by atoms with Crippen LogP contribution in [-0.2, 0) is 5.41 Å². The van der Waals surface area contributed by atoms with Gasteiger partial charge >= 0.3 is 5.63 Å². The van der Waals surface area contributed by atoms with E-state index in [0.717, 1.165) is 55.4 Å². The van der Waals surface area contributed by atoms with Crippen molar-refractivity contribution in [3.63, 3.8) is 0 Å². The van der Waals surface area contributed by atoms with Gasteiger partial charge in [0.05, 0.1) is 6.61 Å². The van der Waals surface area contributed by atoms with E-state index in [2.05, 4.69) is 43.1 Å².